The zero-order valence-corrected chi connectivity index (χ0v) is 18.8. The Morgan fingerprint density at radius 3 is 2.39 bits per heavy atom. The molecule has 0 fully saturated rings. The van der Waals surface area contributed by atoms with Crippen LogP contribution in [0.15, 0.2) is 53.6 Å². The van der Waals surface area contributed by atoms with Gasteiger partial charge in [0.1, 0.15) is 11.3 Å². The number of hydrogen-bond acceptors (Lipinski definition) is 5. The molecule has 3 aromatic rings. The van der Waals surface area contributed by atoms with Gasteiger partial charge in [0.2, 0.25) is 5.03 Å². The lowest BCUT2D eigenvalue weighted by atomic mass is 10.2. The Hall–Kier alpha value is -3.04. The number of hydrogen-bond donors (Lipinski definition) is 3. The molecule has 0 saturated heterocycles. The predicted molar refractivity (Wildman–Crippen MR) is 119 cm³/mol. The fourth-order valence-electron chi connectivity index (χ4n) is 2.82. The number of rotatable bonds is 8. The van der Waals surface area contributed by atoms with E-state index < -0.39 is 15.9 Å². The van der Waals surface area contributed by atoms with Crippen molar-refractivity contribution in [2.75, 3.05) is 4.72 Å². The predicted octanol–water partition coefficient (Wildman–Crippen LogP) is 3.89. The first-order valence-corrected chi connectivity index (χ1v) is 11.4. The van der Waals surface area contributed by atoms with Gasteiger partial charge < -0.3 is 10.1 Å². The van der Waals surface area contributed by atoms with Crippen LogP contribution < -0.4 is 14.8 Å². The Kier molecular flexibility index (Phi) is 6.87. The van der Waals surface area contributed by atoms with Crippen LogP contribution in [-0.2, 0) is 16.6 Å². The maximum absolute atomic E-state index is 12.8. The number of benzene rings is 2. The van der Waals surface area contributed by atoms with Crippen molar-refractivity contribution in [2.45, 2.75) is 38.4 Å². The number of amides is 1. The molecule has 0 bridgehead atoms. The molecule has 3 N–H and O–H groups in total. The second-order valence-corrected chi connectivity index (χ2v) is 9.17. The first-order chi connectivity index (χ1) is 14.7. The molecule has 31 heavy (non-hydrogen) atoms. The Balaban J connectivity index is 1.73. The van der Waals surface area contributed by atoms with Crippen molar-refractivity contribution in [1.82, 2.24) is 15.5 Å². The van der Waals surface area contributed by atoms with E-state index in [0.717, 1.165) is 11.3 Å². The van der Waals surface area contributed by atoms with E-state index in [1.807, 2.05) is 38.1 Å². The number of nitrogens with one attached hydrogen (secondary N) is 3. The Bertz CT molecular complexity index is 1160. The fraction of sp³-hybridized carbons (Fsp3) is 0.238. The summed E-state index contributed by atoms with van der Waals surface area (Å²) >= 11 is 5.83. The second-order valence-electron chi connectivity index (χ2n) is 7.13. The van der Waals surface area contributed by atoms with Gasteiger partial charge in [0.15, 0.2) is 0 Å². The molecule has 0 spiro atoms. The van der Waals surface area contributed by atoms with Crippen LogP contribution in [-0.4, -0.2) is 30.6 Å². The van der Waals surface area contributed by atoms with Crippen molar-refractivity contribution < 1.29 is 17.9 Å². The summed E-state index contributed by atoms with van der Waals surface area (Å²) in [5.41, 5.74) is 1.45. The molecule has 0 aliphatic rings. The van der Waals surface area contributed by atoms with E-state index in [0.29, 0.717) is 16.4 Å². The first-order valence-electron chi connectivity index (χ1n) is 9.53. The van der Waals surface area contributed by atoms with E-state index in [4.69, 9.17) is 16.3 Å². The summed E-state index contributed by atoms with van der Waals surface area (Å²) in [5.74, 6) is 0.183. The molecule has 0 aliphatic carbocycles. The molecule has 3 rings (SSSR count). The van der Waals surface area contributed by atoms with Crippen LogP contribution in [0.3, 0.4) is 0 Å². The topological polar surface area (TPSA) is 113 Å². The summed E-state index contributed by atoms with van der Waals surface area (Å²) < 4.78 is 33.6. The van der Waals surface area contributed by atoms with Crippen LogP contribution in [0.1, 0.15) is 35.5 Å². The van der Waals surface area contributed by atoms with E-state index >= 15 is 0 Å². The van der Waals surface area contributed by atoms with Gasteiger partial charge in [0, 0.05) is 22.9 Å². The quantitative estimate of drug-likeness (QED) is 0.470. The molecule has 0 saturated carbocycles. The molecular weight excluding hydrogens is 440 g/mol. The zero-order valence-electron chi connectivity index (χ0n) is 17.3. The number of nitrogens with zero attached hydrogens (tertiary/aromatic N) is 1. The number of anilines is 1. The number of aryl methyl sites for hydroxylation is 1. The summed E-state index contributed by atoms with van der Waals surface area (Å²) in [6, 6.07) is 13.4. The van der Waals surface area contributed by atoms with E-state index in [1.165, 1.54) is 12.1 Å². The lowest BCUT2D eigenvalue weighted by molar-refractivity contribution is 0.0947. The van der Waals surface area contributed by atoms with Gasteiger partial charge in [-0.3, -0.25) is 14.6 Å². The van der Waals surface area contributed by atoms with Crippen molar-refractivity contribution in [3.63, 3.8) is 0 Å². The average Bonchev–Trinajstić information content (AvgIpc) is 3.11. The normalized spacial score (nSPS) is 11.4. The largest absolute Gasteiger partial charge is 0.491 e. The van der Waals surface area contributed by atoms with E-state index in [9.17, 15) is 13.2 Å². The Morgan fingerprint density at radius 1 is 1.13 bits per heavy atom. The second kappa shape index (κ2) is 9.40. The van der Waals surface area contributed by atoms with E-state index in [2.05, 4.69) is 20.2 Å². The summed E-state index contributed by atoms with van der Waals surface area (Å²) in [7, 11) is -4.09. The van der Waals surface area contributed by atoms with Crippen LogP contribution in [0, 0.1) is 6.92 Å². The molecule has 1 amide bonds. The van der Waals surface area contributed by atoms with Gasteiger partial charge in [-0.15, -0.1) is 0 Å². The smallest absolute Gasteiger partial charge is 0.282 e. The molecule has 8 nitrogen and oxygen atoms in total. The molecule has 1 aromatic heterocycles. The van der Waals surface area contributed by atoms with Crippen LogP contribution in [0.25, 0.3) is 0 Å². The Labute approximate surface area is 186 Å². The Morgan fingerprint density at radius 2 is 1.77 bits per heavy atom. The number of H-pyrrole nitrogens is 1. The maximum Gasteiger partial charge on any atom is 0.282 e. The number of aromatic nitrogens is 2. The highest BCUT2D eigenvalue weighted by molar-refractivity contribution is 7.92. The molecule has 0 aliphatic heterocycles. The minimum Gasteiger partial charge on any atom is -0.491 e. The molecule has 1 heterocycles. The van der Waals surface area contributed by atoms with Crippen molar-refractivity contribution in [2.24, 2.45) is 0 Å². The maximum atomic E-state index is 12.8. The van der Waals surface area contributed by atoms with Gasteiger partial charge in [-0.05, 0) is 62.7 Å². The number of carbonyl (C=O) groups excluding carboxylic acids is 1. The van der Waals surface area contributed by atoms with Gasteiger partial charge in [-0.2, -0.15) is 13.5 Å². The average molecular weight is 463 g/mol. The zero-order chi connectivity index (χ0) is 22.6. The molecule has 0 atom stereocenters. The molecule has 10 heteroatoms. The van der Waals surface area contributed by atoms with Crippen LogP contribution >= 0.6 is 11.6 Å². The highest BCUT2D eigenvalue weighted by Gasteiger charge is 2.28. The number of sulfonamides is 1. The van der Waals surface area contributed by atoms with Gasteiger partial charge >= 0.3 is 0 Å². The van der Waals surface area contributed by atoms with E-state index in [-0.39, 0.29) is 23.2 Å². The lowest BCUT2D eigenvalue weighted by Gasteiger charge is -2.11. The SMILES string of the molecule is Cc1[nH]nc(S(=O)(=O)Nc2ccc(Cl)cc2)c1C(=O)NCc1ccc(OC(C)C)cc1. The van der Waals surface area contributed by atoms with Crippen LogP contribution in [0.5, 0.6) is 5.75 Å². The van der Waals surface area contributed by atoms with Crippen molar-refractivity contribution in [3.8, 4) is 5.75 Å². The number of halogens is 1. The molecule has 2 aromatic carbocycles. The summed E-state index contributed by atoms with van der Waals surface area (Å²) in [6.45, 7) is 5.68. The highest BCUT2D eigenvalue weighted by Crippen LogP contribution is 2.21. The van der Waals surface area contributed by atoms with Crippen molar-refractivity contribution >= 4 is 33.2 Å². The minimum absolute atomic E-state index is 0.0405. The number of carbonyl (C=O) groups is 1. The third-order valence-electron chi connectivity index (χ3n) is 4.24. The summed E-state index contributed by atoms with van der Waals surface area (Å²) in [6.07, 6.45) is 0.0662. The lowest BCUT2D eigenvalue weighted by Crippen LogP contribution is -2.26. The summed E-state index contributed by atoms with van der Waals surface area (Å²) in [4.78, 5) is 12.8. The standard InChI is InChI=1S/C21H23ClN4O4S/c1-13(2)30-18-10-4-15(5-11-18)12-23-20(27)19-14(3)24-25-21(19)31(28,29)26-17-8-6-16(22)7-9-17/h4-11,13,26H,12H2,1-3H3,(H,23,27)(H,24,25). The summed E-state index contributed by atoms with van der Waals surface area (Å²) in [5, 5.41) is 9.25. The molecular formula is C21H23ClN4O4S. The molecule has 0 unspecified atom stereocenters. The third kappa shape index (κ3) is 5.77. The van der Waals surface area contributed by atoms with Crippen molar-refractivity contribution in [1.29, 1.82) is 0 Å². The number of ether oxygens (including phenoxy) is 1. The van der Waals surface area contributed by atoms with Gasteiger partial charge in [-0.25, -0.2) is 0 Å². The van der Waals surface area contributed by atoms with Crippen LogP contribution in [0.2, 0.25) is 5.02 Å². The van der Waals surface area contributed by atoms with Gasteiger partial charge in [-0.1, -0.05) is 23.7 Å². The molecule has 164 valence electrons. The van der Waals surface area contributed by atoms with Gasteiger partial charge in [0.25, 0.3) is 15.9 Å². The van der Waals surface area contributed by atoms with Crippen molar-refractivity contribution in [3.05, 3.63) is 70.4 Å². The van der Waals surface area contributed by atoms with Crippen LogP contribution in [0.4, 0.5) is 5.69 Å². The minimum atomic E-state index is -4.09. The monoisotopic (exact) mass is 462 g/mol. The molecule has 0 radical (unpaired) electrons. The van der Waals surface area contributed by atoms with E-state index in [1.54, 1.807) is 19.1 Å². The van der Waals surface area contributed by atoms with Gasteiger partial charge in [0.05, 0.1) is 6.10 Å². The third-order valence-corrected chi connectivity index (χ3v) is 5.80. The first kappa shape index (κ1) is 22.6. The fourth-order valence-corrected chi connectivity index (χ4v) is 4.17. The number of aromatic amines is 1. The highest BCUT2D eigenvalue weighted by atomic mass is 35.5.